The van der Waals surface area contributed by atoms with Crippen molar-refractivity contribution in [1.29, 1.82) is 0 Å². The van der Waals surface area contributed by atoms with E-state index < -0.39 is 4.92 Å². The van der Waals surface area contributed by atoms with Crippen molar-refractivity contribution in [2.45, 2.75) is 6.92 Å². The highest BCUT2D eigenvalue weighted by Crippen LogP contribution is 2.29. The van der Waals surface area contributed by atoms with E-state index in [1.165, 1.54) is 12.3 Å². The fourth-order valence-electron chi connectivity index (χ4n) is 2.57. The van der Waals surface area contributed by atoms with Crippen molar-refractivity contribution in [2.24, 2.45) is 0 Å². The first-order chi connectivity index (χ1) is 11.0. The van der Waals surface area contributed by atoms with Crippen LogP contribution in [0.2, 0.25) is 5.02 Å². The average molecular weight is 335 g/mol. The van der Waals surface area contributed by atoms with Crippen molar-refractivity contribution in [2.75, 3.05) is 36.0 Å². The summed E-state index contributed by atoms with van der Waals surface area (Å²) < 4.78 is 0. The number of hydrogen-bond donors (Lipinski definition) is 0. The van der Waals surface area contributed by atoms with Crippen molar-refractivity contribution in [3.8, 4) is 0 Å². The zero-order chi connectivity index (χ0) is 16.4. The summed E-state index contributed by atoms with van der Waals surface area (Å²) >= 11 is 5.81. The molecular formula is C14H15ClN6O2. The molecule has 0 radical (unpaired) electrons. The molecule has 0 aromatic carbocycles. The number of halogens is 1. The van der Waals surface area contributed by atoms with Crippen LogP contribution < -0.4 is 9.80 Å². The van der Waals surface area contributed by atoms with Gasteiger partial charge in [-0.05, 0) is 13.0 Å². The molecular weight excluding hydrogens is 320 g/mol. The molecule has 0 unspecified atom stereocenters. The summed E-state index contributed by atoms with van der Waals surface area (Å²) in [6.45, 7) is 4.51. The summed E-state index contributed by atoms with van der Waals surface area (Å²) in [7, 11) is 0. The maximum absolute atomic E-state index is 11.2. The first-order valence-corrected chi connectivity index (χ1v) is 7.52. The molecule has 8 nitrogen and oxygen atoms in total. The molecule has 120 valence electrons. The molecule has 1 aliphatic rings. The van der Waals surface area contributed by atoms with Crippen LogP contribution in [-0.2, 0) is 0 Å². The van der Waals surface area contributed by atoms with Gasteiger partial charge in [-0.25, -0.2) is 15.0 Å². The lowest BCUT2D eigenvalue weighted by molar-refractivity contribution is -0.384. The lowest BCUT2D eigenvalue weighted by Crippen LogP contribution is -2.47. The SMILES string of the molecule is Cc1nccc(N2CCN(c3ncc(Cl)cc3[N+](=O)[O-])CC2)n1. The fourth-order valence-corrected chi connectivity index (χ4v) is 2.72. The highest BCUT2D eigenvalue weighted by atomic mass is 35.5. The van der Waals surface area contributed by atoms with Gasteiger partial charge in [0, 0.05) is 44.6 Å². The third-order valence-electron chi connectivity index (χ3n) is 3.68. The molecule has 1 saturated heterocycles. The van der Waals surface area contributed by atoms with E-state index in [-0.39, 0.29) is 10.7 Å². The van der Waals surface area contributed by atoms with Gasteiger partial charge in [0.2, 0.25) is 5.82 Å². The molecule has 2 aromatic rings. The van der Waals surface area contributed by atoms with E-state index in [1.807, 2.05) is 17.9 Å². The third kappa shape index (κ3) is 3.31. The molecule has 1 aliphatic heterocycles. The predicted octanol–water partition coefficient (Wildman–Crippen LogP) is 2.07. The van der Waals surface area contributed by atoms with Gasteiger partial charge in [-0.1, -0.05) is 11.6 Å². The van der Waals surface area contributed by atoms with Crippen molar-refractivity contribution >= 4 is 28.9 Å². The van der Waals surface area contributed by atoms with E-state index in [0.717, 1.165) is 11.6 Å². The second-order valence-corrected chi connectivity index (χ2v) is 5.63. The van der Waals surface area contributed by atoms with Gasteiger partial charge in [-0.15, -0.1) is 0 Å². The molecule has 1 fully saturated rings. The van der Waals surface area contributed by atoms with Gasteiger partial charge >= 0.3 is 5.69 Å². The van der Waals surface area contributed by atoms with E-state index in [0.29, 0.717) is 32.0 Å². The molecule has 2 aromatic heterocycles. The average Bonchev–Trinajstić information content (AvgIpc) is 2.55. The van der Waals surface area contributed by atoms with Crippen LogP contribution in [0.1, 0.15) is 5.82 Å². The van der Waals surface area contributed by atoms with Gasteiger partial charge in [-0.2, -0.15) is 0 Å². The molecule has 0 amide bonds. The molecule has 3 rings (SSSR count). The number of aromatic nitrogens is 3. The molecule has 0 atom stereocenters. The highest BCUT2D eigenvalue weighted by Gasteiger charge is 2.26. The van der Waals surface area contributed by atoms with Crippen LogP contribution >= 0.6 is 11.6 Å². The monoisotopic (exact) mass is 334 g/mol. The number of nitro groups is 1. The zero-order valence-corrected chi connectivity index (χ0v) is 13.3. The van der Waals surface area contributed by atoms with Gasteiger partial charge in [0.1, 0.15) is 11.6 Å². The lowest BCUT2D eigenvalue weighted by Gasteiger charge is -2.35. The van der Waals surface area contributed by atoms with Gasteiger partial charge in [-0.3, -0.25) is 10.1 Å². The number of piperazine rings is 1. The van der Waals surface area contributed by atoms with Crippen LogP contribution in [0.5, 0.6) is 0 Å². The van der Waals surface area contributed by atoms with Gasteiger partial charge in [0.15, 0.2) is 0 Å². The van der Waals surface area contributed by atoms with Gasteiger partial charge in [0.25, 0.3) is 0 Å². The van der Waals surface area contributed by atoms with Crippen LogP contribution in [0.4, 0.5) is 17.3 Å². The summed E-state index contributed by atoms with van der Waals surface area (Å²) in [6.07, 6.45) is 3.17. The maximum Gasteiger partial charge on any atom is 0.313 e. The Hall–Kier alpha value is -2.48. The number of aryl methyl sites for hydroxylation is 1. The summed E-state index contributed by atoms with van der Waals surface area (Å²) in [5, 5.41) is 11.5. The normalized spacial score (nSPS) is 14.9. The summed E-state index contributed by atoms with van der Waals surface area (Å²) in [6, 6.07) is 3.20. The van der Waals surface area contributed by atoms with Gasteiger partial charge in [0.05, 0.1) is 9.95 Å². The van der Waals surface area contributed by atoms with Crippen LogP contribution in [0.25, 0.3) is 0 Å². The number of pyridine rings is 1. The third-order valence-corrected chi connectivity index (χ3v) is 3.88. The Kier molecular flexibility index (Phi) is 4.24. The first kappa shape index (κ1) is 15.4. The quantitative estimate of drug-likeness (QED) is 0.627. The Morgan fingerprint density at radius 2 is 1.91 bits per heavy atom. The minimum atomic E-state index is -0.450. The predicted molar refractivity (Wildman–Crippen MR) is 87.1 cm³/mol. The number of hydrogen-bond acceptors (Lipinski definition) is 7. The zero-order valence-electron chi connectivity index (χ0n) is 12.5. The molecule has 0 saturated carbocycles. The molecule has 3 heterocycles. The smallest absolute Gasteiger partial charge is 0.313 e. The van der Waals surface area contributed by atoms with E-state index in [9.17, 15) is 10.1 Å². The Labute approximate surface area is 137 Å². The minimum Gasteiger partial charge on any atom is -0.353 e. The Morgan fingerprint density at radius 1 is 1.22 bits per heavy atom. The van der Waals surface area contributed by atoms with Crippen LogP contribution in [-0.4, -0.2) is 46.1 Å². The van der Waals surface area contributed by atoms with E-state index in [2.05, 4.69) is 19.9 Å². The standard InChI is InChI=1S/C14H15ClN6O2/c1-10-16-3-2-13(18-10)19-4-6-20(7-5-19)14-12(21(22)23)8-11(15)9-17-14/h2-3,8-9H,4-7H2,1H3. The van der Waals surface area contributed by atoms with E-state index in [1.54, 1.807) is 6.20 Å². The fraction of sp³-hybridized carbons (Fsp3) is 0.357. The number of nitrogens with zero attached hydrogens (tertiary/aromatic N) is 6. The highest BCUT2D eigenvalue weighted by molar-refractivity contribution is 6.30. The van der Waals surface area contributed by atoms with Crippen molar-refractivity contribution in [1.82, 2.24) is 15.0 Å². The van der Waals surface area contributed by atoms with Crippen LogP contribution in [0.3, 0.4) is 0 Å². The van der Waals surface area contributed by atoms with E-state index >= 15 is 0 Å². The second kappa shape index (κ2) is 6.33. The minimum absolute atomic E-state index is 0.0659. The molecule has 0 bridgehead atoms. The number of rotatable bonds is 3. The van der Waals surface area contributed by atoms with Crippen LogP contribution in [0, 0.1) is 17.0 Å². The summed E-state index contributed by atoms with van der Waals surface area (Å²) in [5.41, 5.74) is -0.0659. The number of anilines is 2. The molecule has 23 heavy (non-hydrogen) atoms. The Bertz CT molecular complexity index is 733. The Balaban J connectivity index is 1.76. The van der Waals surface area contributed by atoms with Crippen molar-refractivity contribution in [3.63, 3.8) is 0 Å². The van der Waals surface area contributed by atoms with E-state index in [4.69, 9.17) is 11.6 Å². The largest absolute Gasteiger partial charge is 0.353 e. The lowest BCUT2D eigenvalue weighted by atomic mass is 10.2. The summed E-state index contributed by atoms with van der Waals surface area (Å²) in [4.78, 5) is 27.4. The Morgan fingerprint density at radius 3 is 2.57 bits per heavy atom. The second-order valence-electron chi connectivity index (χ2n) is 5.19. The van der Waals surface area contributed by atoms with Crippen molar-refractivity contribution in [3.05, 3.63) is 45.5 Å². The molecule has 9 heteroatoms. The maximum atomic E-state index is 11.2. The topological polar surface area (TPSA) is 88.3 Å². The van der Waals surface area contributed by atoms with Crippen molar-refractivity contribution < 1.29 is 4.92 Å². The molecule has 0 N–H and O–H groups in total. The first-order valence-electron chi connectivity index (χ1n) is 7.14. The van der Waals surface area contributed by atoms with Crippen LogP contribution in [0.15, 0.2) is 24.5 Å². The summed E-state index contributed by atoms with van der Waals surface area (Å²) in [5.74, 6) is 1.95. The molecule has 0 spiro atoms. The molecule has 0 aliphatic carbocycles. The van der Waals surface area contributed by atoms with Gasteiger partial charge < -0.3 is 9.80 Å².